The second-order valence-corrected chi connectivity index (χ2v) is 8.85. The van der Waals surface area contributed by atoms with Crippen molar-refractivity contribution in [1.29, 1.82) is 0 Å². The number of rotatable bonds is 5. The van der Waals surface area contributed by atoms with E-state index in [-0.39, 0.29) is 17.0 Å². The Kier molecular flexibility index (Phi) is 5.78. The van der Waals surface area contributed by atoms with E-state index in [9.17, 15) is 27.9 Å². The number of aliphatic hydroxyl groups excluding tert-OH is 1. The fourth-order valence-corrected chi connectivity index (χ4v) is 4.43. The van der Waals surface area contributed by atoms with E-state index in [0.717, 1.165) is 22.7 Å². The van der Waals surface area contributed by atoms with Crippen molar-refractivity contribution in [2.24, 2.45) is 0 Å². The van der Waals surface area contributed by atoms with Crippen LogP contribution >= 0.6 is 0 Å². The normalized spacial score (nSPS) is 16.1. The van der Waals surface area contributed by atoms with Gasteiger partial charge in [0.15, 0.2) is 11.5 Å². The first-order valence-electron chi connectivity index (χ1n) is 11.3. The van der Waals surface area contributed by atoms with Gasteiger partial charge < -0.3 is 14.4 Å². The van der Waals surface area contributed by atoms with Crippen LogP contribution in [-0.2, 0) is 11.0 Å². The zero-order valence-electron chi connectivity index (χ0n) is 19.8. The highest BCUT2D eigenvalue weighted by molar-refractivity contribution is 6.20. The molecule has 9 heteroatoms. The van der Waals surface area contributed by atoms with Crippen LogP contribution < -0.4 is 9.80 Å². The first kappa shape index (κ1) is 24.2. The summed E-state index contributed by atoms with van der Waals surface area (Å²) in [6, 6.07) is 18.3. The number of amides is 1. The van der Waals surface area contributed by atoms with Crippen LogP contribution in [-0.4, -0.2) is 30.9 Å². The summed E-state index contributed by atoms with van der Waals surface area (Å²) < 4.78 is 46.1. The molecule has 0 saturated heterocycles. The molecule has 6 nitrogen and oxygen atoms in total. The van der Waals surface area contributed by atoms with Gasteiger partial charge in [-0.05, 0) is 48.0 Å². The van der Waals surface area contributed by atoms with E-state index in [0.29, 0.717) is 16.5 Å². The molecule has 1 amide bonds. The fourth-order valence-electron chi connectivity index (χ4n) is 4.43. The number of fused-ring (bicyclic) bond motifs is 1. The van der Waals surface area contributed by atoms with Gasteiger partial charge in [0.25, 0.3) is 5.91 Å². The lowest BCUT2D eigenvalue weighted by Crippen LogP contribution is -2.31. The van der Waals surface area contributed by atoms with Crippen LogP contribution in [0.2, 0.25) is 0 Å². The van der Waals surface area contributed by atoms with Crippen LogP contribution in [0.4, 0.5) is 24.5 Å². The monoisotopic (exact) mass is 506 g/mol. The maximum atomic E-state index is 13.7. The second kappa shape index (κ2) is 8.85. The maximum Gasteiger partial charge on any atom is 0.416 e. The van der Waals surface area contributed by atoms with Gasteiger partial charge >= 0.3 is 6.18 Å². The van der Waals surface area contributed by atoms with Crippen LogP contribution in [0.25, 0.3) is 11.0 Å². The number of carbonyl (C=O) groups is 2. The van der Waals surface area contributed by atoms with Crippen LogP contribution in [0.1, 0.15) is 27.7 Å². The highest BCUT2D eigenvalue weighted by Gasteiger charge is 2.46. The fraction of sp³-hybridized carbons (Fsp3) is 0.143. The molecule has 0 bridgehead atoms. The molecule has 0 aliphatic carbocycles. The average Bonchev–Trinajstić information content (AvgIpc) is 3.42. The minimum atomic E-state index is -4.65. The molecule has 37 heavy (non-hydrogen) atoms. The van der Waals surface area contributed by atoms with E-state index >= 15 is 0 Å². The number of anilines is 2. The number of para-hydroxylation sites is 1. The number of hydrogen-bond donors (Lipinski definition) is 1. The first-order valence-corrected chi connectivity index (χ1v) is 11.3. The van der Waals surface area contributed by atoms with Gasteiger partial charge in [0.2, 0.25) is 5.78 Å². The lowest BCUT2D eigenvalue weighted by Gasteiger charge is -2.27. The molecule has 188 valence electrons. The van der Waals surface area contributed by atoms with Gasteiger partial charge in [0.05, 0.1) is 17.2 Å². The molecule has 1 N–H and O–H groups in total. The third kappa shape index (κ3) is 4.22. The highest BCUT2D eigenvalue weighted by Crippen LogP contribution is 2.44. The van der Waals surface area contributed by atoms with Crippen molar-refractivity contribution in [3.8, 4) is 0 Å². The van der Waals surface area contributed by atoms with Gasteiger partial charge in [-0.25, -0.2) is 0 Å². The number of furan rings is 1. The summed E-state index contributed by atoms with van der Waals surface area (Å²) >= 11 is 0. The Labute approximate surface area is 209 Å². The van der Waals surface area contributed by atoms with Crippen molar-refractivity contribution in [3.05, 3.63) is 107 Å². The van der Waals surface area contributed by atoms with Gasteiger partial charge in [0, 0.05) is 30.9 Å². The van der Waals surface area contributed by atoms with Crippen molar-refractivity contribution in [2.75, 3.05) is 23.9 Å². The molecule has 1 unspecified atom stereocenters. The maximum absolute atomic E-state index is 13.7. The molecule has 0 spiro atoms. The van der Waals surface area contributed by atoms with Crippen molar-refractivity contribution in [3.63, 3.8) is 0 Å². The largest absolute Gasteiger partial charge is 0.503 e. The first-order chi connectivity index (χ1) is 17.6. The molecule has 1 aliphatic heterocycles. The quantitative estimate of drug-likeness (QED) is 0.322. The number of aliphatic hydroxyl groups is 1. The van der Waals surface area contributed by atoms with E-state index in [4.69, 9.17) is 4.42 Å². The minimum absolute atomic E-state index is 0.101. The standard InChI is InChI=1S/C28H21F3N2O4/c1-32(2)19-12-10-16(11-13-19)24-23(25(34)22-14-17-6-3-4-9-21(17)37-22)26(35)27(36)33(24)20-8-5-7-18(15-20)28(29,30)31/h3-15,24,35H,1-2H3. The smallest absolute Gasteiger partial charge is 0.416 e. The van der Waals surface area contributed by atoms with Crippen LogP contribution in [0.15, 0.2) is 94.6 Å². The van der Waals surface area contributed by atoms with E-state index < -0.39 is 35.2 Å². The summed E-state index contributed by atoms with van der Waals surface area (Å²) in [6.45, 7) is 0. The van der Waals surface area contributed by atoms with Crippen LogP contribution in [0.3, 0.4) is 0 Å². The number of carbonyl (C=O) groups excluding carboxylic acids is 2. The van der Waals surface area contributed by atoms with Crippen molar-refractivity contribution < 1.29 is 32.3 Å². The van der Waals surface area contributed by atoms with Gasteiger partial charge in [-0.3, -0.25) is 14.5 Å². The molecule has 5 rings (SSSR count). The Morgan fingerprint density at radius 3 is 2.32 bits per heavy atom. The third-order valence-electron chi connectivity index (χ3n) is 6.28. The molecule has 1 aromatic heterocycles. The van der Waals surface area contributed by atoms with Crippen molar-refractivity contribution in [1.82, 2.24) is 0 Å². The zero-order chi connectivity index (χ0) is 26.5. The molecule has 0 saturated carbocycles. The number of ketones is 1. The second-order valence-electron chi connectivity index (χ2n) is 8.85. The molecular weight excluding hydrogens is 485 g/mol. The SMILES string of the molecule is CN(C)c1ccc(C2C(C(=O)c3cc4ccccc4o3)=C(O)C(=O)N2c2cccc(C(F)(F)F)c2)cc1. The molecule has 0 fully saturated rings. The number of halogens is 3. The van der Waals surface area contributed by atoms with E-state index in [1.54, 1.807) is 48.5 Å². The Morgan fingerprint density at radius 2 is 1.68 bits per heavy atom. The summed E-state index contributed by atoms with van der Waals surface area (Å²) in [5, 5.41) is 11.5. The topological polar surface area (TPSA) is 74.0 Å². The molecule has 3 aromatic carbocycles. The number of Topliss-reactive ketones (excluding diaryl/α,β-unsaturated/α-hetero) is 1. The Balaban J connectivity index is 1.66. The molecular formula is C28H21F3N2O4. The highest BCUT2D eigenvalue weighted by atomic mass is 19.4. The van der Waals surface area contributed by atoms with E-state index in [2.05, 4.69) is 0 Å². The van der Waals surface area contributed by atoms with Crippen LogP contribution in [0.5, 0.6) is 0 Å². The minimum Gasteiger partial charge on any atom is -0.503 e. The third-order valence-corrected chi connectivity index (χ3v) is 6.28. The lowest BCUT2D eigenvalue weighted by molar-refractivity contribution is -0.137. The Morgan fingerprint density at radius 1 is 0.973 bits per heavy atom. The molecule has 1 aliphatic rings. The van der Waals surface area contributed by atoms with Gasteiger partial charge in [-0.2, -0.15) is 13.2 Å². The van der Waals surface area contributed by atoms with Gasteiger partial charge in [0.1, 0.15) is 5.58 Å². The molecule has 1 atom stereocenters. The van der Waals surface area contributed by atoms with Crippen molar-refractivity contribution in [2.45, 2.75) is 12.2 Å². The van der Waals surface area contributed by atoms with E-state index in [1.807, 2.05) is 19.0 Å². The molecule has 2 heterocycles. The predicted molar refractivity (Wildman–Crippen MR) is 133 cm³/mol. The summed E-state index contributed by atoms with van der Waals surface area (Å²) in [5.74, 6) is -2.67. The average molecular weight is 506 g/mol. The summed E-state index contributed by atoms with van der Waals surface area (Å²) in [4.78, 5) is 29.8. The molecule has 4 aromatic rings. The molecule has 0 radical (unpaired) electrons. The van der Waals surface area contributed by atoms with Gasteiger partial charge in [-0.1, -0.05) is 36.4 Å². The number of nitrogens with zero attached hydrogens (tertiary/aromatic N) is 2. The van der Waals surface area contributed by atoms with Crippen LogP contribution in [0, 0.1) is 0 Å². The Hall–Kier alpha value is -4.53. The van der Waals surface area contributed by atoms with Gasteiger partial charge in [-0.15, -0.1) is 0 Å². The Bertz CT molecular complexity index is 1520. The lowest BCUT2D eigenvalue weighted by atomic mass is 9.94. The number of alkyl halides is 3. The predicted octanol–water partition coefficient (Wildman–Crippen LogP) is 6.30. The number of hydrogen-bond acceptors (Lipinski definition) is 5. The van der Waals surface area contributed by atoms with Crippen molar-refractivity contribution >= 4 is 34.0 Å². The number of benzene rings is 3. The summed E-state index contributed by atoms with van der Waals surface area (Å²) in [5.41, 5.74) is 0.351. The van der Waals surface area contributed by atoms with E-state index in [1.165, 1.54) is 18.2 Å². The summed E-state index contributed by atoms with van der Waals surface area (Å²) in [7, 11) is 3.68. The summed E-state index contributed by atoms with van der Waals surface area (Å²) in [6.07, 6.45) is -4.65. The zero-order valence-corrected chi connectivity index (χ0v) is 19.8.